The number of nitrogens with one attached hydrogen (secondary N) is 1. The second-order valence-electron chi connectivity index (χ2n) is 3.69. The minimum absolute atomic E-state index is 0.0699. The summed E-state index contributed by atoms with van der Waals surface area (Å²) in [6.45, 7) is 0. The summed E-state index contributed by atoms with van der Waals surface area (Å²) in [5.74, 6) is -1.29. The number of rotatable bonds is 3. The smallest absolute Gasteiger partial charge is 0.261 e. The van der Waals surface area contributed by atoms with Gasteiger partial charge in [-0.15, -0.1) is 0 Å². The number of sulfonamides is 1. The Balaban J connectivity index is 2.35. The lowest BCUT2D eigenvalue weighted by atomic mass is 10.3. The van der Waals surface area contributed by atoms with Crippen molar-refractivity contribution in [3.63, 3.8) is 0 Å². The van der Waals surface area contributed by atoms with Crippen molar-refractivity contribution in [2.45, 2.75) is 4.90 Å². The summed E-state index contributed by atoms with van der Waals surface area (Å²) in [4.78, 5) is -0.205. The van der Waals surface area contributed by atoms with E-state index in [-0.39, 0.29) is 15.6 Å². The highest BCUT2D eigenvalue weighted by molar-refractivity contribution is 7.92. The molecule has 0 aliphatic carbocycles. The van der Waals surface area contributed by atoms with E-state index >= 15 is 0 Å². The van der Waals surface area contributed by atoms with Gasteiger partial charge in [-0.05, 0) is 36.4 Å². The van der Waals surface area contributed by atoms with E-state index in [0.717, 1.165) is 24.3 Å². The zero-order chi connectivity index (χ0) is 14.0. The molecule has 2 aromatic carbocycles. The molecular formula is C12H8ClF2NO2S. The number of hydrogen-bond donors (Lipinski definition) is 1. The van der Waals surface area contributed by atoms with E-state index in [1.807, 2.05) is 0 Å². The molecule has 0 aromatic heterocycles. The van der Waals surface area contributed by atoms with Crippen molar-refractivity contribution in [3.8, 4) is 0 Å². The van der Waals surface area contributed by atoms with E-state index < -0.39 is 21.7 Å². The van der Waals surface area contributed by atoms with Crippen molar-refractivity contribution in [3.05, 3.63) is 59.1 Å². The van der Waals surface area contributed by atoms with Gasteiger partial charge in [-0.3, -0.25) is 4.72 Å². The molecule has 0 aliphatic rings. The summed E-state index contributed by atoms with van der Waals surface area (Å²) in [6.07, 6.45) is 0. The first kappa shape index (κ1) is 13.8. The van der Waals surface area contributed by atoms with Crippen molar-refractivity contribution < 1.29 is 17.2 Å². The van der Waals surface area contributed by atoms with Gasteiger partial charge in [-0.2, -0.15) is 0 Å². The van der Waals surface area contributed by atoms with Crippen LogP contribution in [0.5, 0.6) is 0 Å². The van der Waals surface area contributed by atoms with Gasteiger partial charge in [0.2, 0.25) is 0 Å². The Kier molecular flexibility index (Phi) is 3.73. The molecule has 100 valence electrons. The van der Waals surface area contributed by atoms with E-state index in [2.05, 4.69) is 4.72 Å². The molecule has 3 nitrogen and oxygen atoms in total. The molecule has 0 saturated heterocycles. The Hall–Kier alpha value is -1.66. The van der Waals surface area contributed by atoms with Gasteiger partial charge in [0.25, 0.3) is 10.0 Å². The lowest BCUT2D eigenvalue weighted by Gasteiger charge is -2.08. The fourth-order valence-corrected chi connectivity index (χ4v) is 2.73. The maximum Gasteiger partial charge on any atom is 0.261 e. The van der Waals surface area contributed by atoms with Crippen LogP contribution in [0.25, 0.3) is 0 Å². The molecule has 0 spiro atoms. The van der Waals surface area contributed by atoms with Crippen LogP contribution in [0.15, 0.2) is 47.4 Å². The van der Waals surface area contributed by atoms with Crippen LogP contribution >= 0.6 is 11.6 Å². The summed E-state index contributed by atoms with van der Waals surface area (Å²) < 4.78 is 52.0. The highest BCUT2D eigenvalue weighted by atomic mass is 35.5. The second-order valence-corrected chi connectivity index (χ2v) is 5.78. The van der Waals surface area contributed by atoms with E-state index in [1.165, 1.54) is 18.2 Å². The molecule has 0 atom stereocenters. The maximum absolute atomic E-state index is 13.0. The Morgan fingerprint density at radius 3 is 2.42 bits per heavy atom. The number of benzene rings is 2. The fourth-order valence-electron chi connectivity index (χ4n) is 1.41. The van der Waals surface area contributed by atoms with E-state index in [4.69, 9.17) is 11.6 Å². The van der Waals surface area contributed by atoms with Crippen LogP contribution in [0.4, 0.5) is 14.5 Å². The van der Waals surface area contributed by atoms with Crippen molar-refractivity contribution in [2.24, 2.45) is 0 Å². The van der Waals surface area contributed by atoms with Gasteiger partial charge >= 0.3 is 0 Å². The molecule has 0 unspecified atom stereocenters. The molecule has 2 aromatic rings. The molecule has 7 heteroatoms. The third-order valence-electron chi connectivity index (χ3n) is 2.28. The third kappa shape index (κ3) is 3.21. The second kappa shape index (κ2) is 5.14. The van der Waals surface area contributed by atoms with Crippen LogP contribution in [-0.4, -0.2) is 8.42 Å². The number of anilines is 1. The molecule has 0 bridgehead atoms. The molecule has 0 fully saturated rings. The topological polar surface area (TPSA) is 46.2 Å². The predicted molar refractivity (Wildman–Crippen MR) is 68.6 cm³/mol. The SMILES string of the molecule is O=S(=O)(Nc1cccc(F)c1)c1ccc(F)c(Cl)c1. The average molecular weight is 304 g/mol. The monoisotopic (exact) mass is 303 g/mol. The number of halogens is 3. The molecule has 0 aliphatic heterocycles. The van der Waals surface area contributed by atoms with Crippen LogP contribution in [0.1, 0.15) is 0 Å². The van der Waals surface area contributed by atoms with Gasteiger partial charge in [0.05, 0.1) is 15.6 Å². The first-order chi connectivity index (χ1) is 8.88. The summed E-state index contributed by atoms with van der Waals surface area (Å²) in [5.41, 5.74) is 0.0699. The van der Waals surface area contributed by atoms with Crippen molar-refractivity contribution in [1.29, 1.82) is 0 Å². The van der Waals surface area contributed by atoms with Crippen LogP contribution in [-0.2, 0) is 10.0 Å². The third-order valence-corrected chi connectivity index (χ3v) is 3.95. The van der Waals surface area contributed by atoms with Crippen LogP contribution in [0.3, 0.4) is 0 Å². The van der Waals surface area contributed by atoms with Crippen LogP contribution in [0.2, 0.25) is 5.02 Å². The quantitative estimate of drug-likeness (QED) is 0.944. The van der Waals surface area contributed by atoms with Gasteiger partial charge in [0.15, 0.2) is 0 Å². The van der Waals surface area contributed by atoms with E-state index in [9.17, 15) is 17.2 Å². The van der Waals surface area contributed by atoms with Crippen molar-refractivity contribution in [1.82, 2.24) is 0 Å². The molecule has 0 saturated carbocycles. The van der Waals surface area contributed by atoms with Crippen molar-refractivity contribution in [2.75, 3.05) is 4.72 Å². The zero-order valence-corrected chi connectivity index (χ0v) is 11.0. The van der Waals surface area contributed by atoms with Gasteiger partial charge in [-0.1, -0.05) is 17.7 Å². The Morgan fingerprint density at radius 2 is 1.79 bits per heavy atom. The lowest BCUT2D eigenvalue weighted by Crippen LogP contribution is -2.13. The average Bonchev–Trinajstić information content (AvgIpc) is 2.32. The Morgan fingerprint density at radius 1 is 1.05 bits per heavy atom. The van der Waals surface area contributed by atoms with Crippen molar-refractivity contribution >= 4 is 27.3 Å². The lowest BCUT2D eigenvalue weighted by molar-refractivity contribution is 0.599. The fraction of sp³-hybridized carbons (Fsp3) is 0. The Labute approximate surface area is 113 Å². The predicted octanol–water partition coefficient (Wildman–Crippen LogP) is 3.42. The van der Waals surface area contributed by atoms with Gasteiger partial charge < -0.3 is 0 Å². The molecular weight excluding hydrogens is 296 g/mol. The van der Waals surface area contributed by atoms with E-state index in [0.29, 0.717) is 0 Å². The summed E-state index contributed by atoms with van der Waals surface area (Å²) >= 11 is 5.52. The molecule has 0 heterocycles. The number of hydrogen-bond acceptors (Lipinski definition) is 2. The summed E-state index contributed by atoms with van der Waals surface area (Å²) in [7, 11) is -3.94. The molecule has 19 heavy (non-hydrogen) atoms. The Bertz CT molecular complexity index is 719. The first-order valence-corrected chi connectivity index (χ1v) is 6.98. The largest absolute Gasteiger partial charge is 0.280 e. The minimum Gasteiger partial charge on any atom is -0.280 e. The van der Waals surface area contributed by atoms with Crippen LogP contribution < -0.4 is 4.72 Å². The molecule has 1 N–H and O–H groups in total. The van der Waals surface area contributed by atoms with Gasteiger partial charge in [0.1, 0.15) is 11.6 Å². The van der Waals surface area contributed by atoms with Gasteiger partial charge in [-0.25, -0.2) is 17.2 Å². The standard InChI is InChI=1S/C12H8ClF2NO2S/c13-11-7-10(4-5-12(11)15)19(17,18)16-9-3-1-2-8(14)6-9/h1-7,16H. The summed E-state index contributed by atoms with van der Waals surface area (Å²) in [5, 5.41) is -0.304. The minimum atomic E-state index is -3.94. The molecule has 0 amide bonds. The first-order valence-electron chi connectivity index (χ1n) is 5.12. The highest BCUT2D eigenvalue weighted by Crippen LogP contribution is 2.21. The normalized spacial score (nSPS) is 11.3. The maximum atomic E-state index is 13.0. The zero-order valence-electron chi connectivity index (χ0n) is 9.40. The summed E-state index contributed by atoms with van der Waals surface area (Å²) in [6, 6.07) is 7.98. The molecule has 2 rings (SSSR count). The van der Waals surface area contributed by atoms with Crippen LogP contribution in [0, 0.1) is 11.6 Å². The van der Waals surface area contributed by atoms with Gasteiger partial charge in [0, 0.05) is 0 Å². The molecule has 0 radical (unpaired) electrons. The highest BCUT2D eigenvalue weighted by Gasteiger charge is 2.16. The van der Waals surface area contributed by atoms with E-state index in [1.54, 1.807) is 0 Å².